The minimum absolute atomic E-state index is 0.0905. The quantitative estimate of drug-likeness (QED) is 0.867. The highest BCUT2D eigenvalue weighted by molar-refractivity contribution is 7.89. The summed E-state index contributed by atoms with van der Waals surface area (Å²) < 4.78 is 26.1. The Kier molecular flexibility index (Phi) is 4.04. The van der Waals surface area contributed by atoms with Crippen LogP contribution in [0, 0.1) is 0 Å². The van der Waals surface area contributed by atoms with E-state index in [0.717, 1.165) is 32.5 Å². The number of hydrogen-bond donors (Lipinski definition) is 1. The van der Waals surface area contributed by atoms with Gasteiger partial charge in [0.05, 0.1) is 6.20 Å². The molecule has 102 valence electrons. The van der Waals surface area contributed by atoms with Gasteiger partial charge in [-0.1, -0.05) is 6.92 Å². The van der Waals surface area contributed by atoms with Gasteiger partial charge < -0.3 is 4.90 Å². The Labute approximate surface area is 108 Å². The molecule has 1 aromatic heterocycles. The maximum absolute atomic E-state index is 12.3. The van der Waals surface area contributed by atoms with Crippen molar-refractivity contribution in [1.82, 2.24) is 19.4 Å². The van der Waals surface area contributed by atoms with Crippen LogP contribution in [-0.4, -0.2) is 60.5 Å². The Balaban J connectivity index is 2.06. The van der Waals surface area contributed by atoms with Crippen molar-refractivity contribution in [3.05, 3.63) is 12.4 Å². The van der Waals surface area contributed by atoms with Crippen molar-refractivity contribution in [2.75, 3.05) is 26.7 Å². The van der Waals surface area contributed by atoms with Gasteiger partial charge in [0.25, 0.3) is 0 Å². The molecule has 0 bridgehead atoms. The number of aromatic amines is 1. The number of sulfonamides is 1. The zero-order chi connectivity index (χ0) is 13.2. The van der Waals surface area contributed by atoms with Gasteiger partial charge in [-0.2, -0.15) is 9.40 Å². The molecule has 0 unspecified atom stereocenters. The highest BCUT2D eigenvalue weighted by atomic mass is 32.2. The minimum Gasteiger partial charge on any atom is -0.303 e. The molecule has 0 amide bonds. The molecule has 6 nitrogen and oxygen atoms in total. The van der Waals surface area contributed by atoms with Crippen LogP contribution in [0.2, 0.25) is 0 Å². The first-order chi connectivity index (χ1) is 8.55. The number of rotatable bonds is 4. The van der Waals surface area contributed by atoms with E-state index in [4.69, 9.17) is 0 Å². The minimum atomic E-state index is -3.40. The number of H-pyrrole nitrogens is 1. The maximum atomic E-state index is 12.3. The Bertz CT molecular complexity index is 463. The molecular formula is C11H20N4O2S. The number of piperidine rings is 1. The van der Waals surface area contributed by atoms with Gasteiger partial charge in [0.1, 0.15) is 4.90 Å². The number of aromatic nitrogens is 2. The summed E-state index contributed by atoms with van der Waals surface area (Å²) in [6, 6.07) is 0.0905. The van der Waals surface area contributed by atoms with Crippen LogP contribution in [0.3, 0.4) is 0 Å². The average Bonchev–Trinajstić information content (AvgIpc) is 2.92. The molecule has 0 aromatic carbocycles. The van der Waals surface area contributed by atoms with Gasteiger partial charge in [-0.15, -0.1) is 0 Å². The second-order valence-corrected chi connectivity index (χ2v) is 6.62. The number of likely N-dealkylation sites (tertiary alicyclic amines) is 1. The third-order valence-corrected chi connectivity index (χ3v) is 5.54. The first-order valence-corrected chi connectivity index (χ1v) is 7.69. The second-order valence-electron chi connectivity index (χ2n) is 4.62. The lowest BCUT2D eigenvalue weighted by Crippen LogP contribution is -2.45. The Morgan fingerprint density at radius 2 is 2.17 bits per heavy atom. The fourth-order valence-electron chi connectivity index (χ4n) is 2.34. The van der Waals surface area contributed by atoms with Gasteiger partial charge in [0.2, 0.25) is 10.0 Å². The van der Waals surface area contributed by atoms with E-state index in [0.29, 0.717) is 0 Å². The molecule has 1 aliphatic heterocycles. The molecule has 0 spiro atoms. The van der Waals surface area contributed by atoms with Crippen molar-refractivity contribution in [1.29, 1.82) is 0 Å². The van der Waals surface area contributed by atoms with Crippen LogP contribution in [0.5, 0.6) is 0 Å². The second kappa shape index (κ2) is 5.38. The molecule has 0 atom stereocenters. The summed E-state index contributed by atoms with van der Waals surface area (Å²) in [6.07, 6.45) is 4.56. The SMILES string of the molecule is CCN1CCC(N(C)S(=O)(=O)c2cn[nH]c2)CC1. The first kappa shape index (κ1) is 13.5. The maximum Gasteiger partial charge on any atom is 0.246 e. The molecule has 1 fully saturated rings. The third-order valence-electron chi connectivity index (χ3n) is 3.67. The Hall–Kier alpha value is -0.920. The molecule has 7 heteroatoms. The van der Waals surface area contributed by atoms with E-state index in [1.54, 1.807) is 7.05 Å². The molecule has 2 rings (SSSR count). The number of nitrogens with one attached hydrogen (secondary N) is 1. The summed E-state index contributed by atoms with van der Waals surface area (Å²) in [5, 5.41) is 6.25. The first-order valence-electron chi connectivity index (χ1n) is 6.25. The predicted octanol–water partition coefficient (Wildman–Crippen LogP) is 0.514. The molecule has 18 heavy (non-hydrogen) atoms. The molecule has 0 aliphatic carbocycles. The topological polar surface area (TPSA) is 69.3 Å². The number of hydrogen-bond acceptors (Lipinski definition) is 4. The molecule has 1 saturated heterocycles. The van der Waals surface area contributed by atoms with E-state index in [1.807, 2.05) is 0 Å². The van der Waals surface area contributed by atoms with E-state index in [9.17, 15) is 8.42 Å². The summed E-state index contributed by atoms with van der Waals surface area (Å²) in [4.78, 5) is 2.58. The van der Waals surface area contributed by atoms with Crippen molar-refractivity contribution in [2.24, 2.45) is 0 Å². The van der Waals surface area contributed by atoms with Crippen molar-refractivity contribution in [2.45, 2.75) is 30.7 Å². The summed E-state index contributed by atoms with van der Waals surface area (Å²) in [7, 11) is -1.74. The predicted molar refractivity (Wildman–Crippen MR) is 68.7 cm³/mol. The molecule has 1 aromatic rings. The molecule has 2 heterocycles. The van der Waals surface area contributed by atoms with E-state index in [-0.39, 0.29) is 10.9 Å². The van der Waals surface area contributed by atoms with Crippen molar-refractivity contribution >= 4 is 10.0 Å². The van der Waals surface area contributed by atoms with Crippen LogP contribution >= 0.6 is 0 Å². The smallest absolute Gasteiger partial charge is 0.246 e. The van der Waals surface area contributed by atoms with Gasteiger partial charge in [-0.05, 0) is 32.5 Å². The van der Waals surface area contributed by atoms with E-state index >= 15 is 0 Å². The lowest BCUT2D eigenvalue weighted by Gasteiger charge is -2.35. The molecule has 0 radical (unpaired) electrons. The summed E-state index contributed by atoms with van der Waals surface area (Å²) in [5.74, 6) is 0. The van der Waals surface area contributed by atoms with E-state index in [2.05, 4.69) is 22.0 Å². The van der Waals surface area contributed by atoms with Gasteiger partial charge in [-0.3, -0.25) is 5.10 Å². The average molecular weight is 272 g/mol. The van der Waals surface area contributed by atoms with Crippen molar-refractivity contribution in [3.63, 3.8) is 0 Å². The van der Waals surface area contributed by atoms with Crippen LogP contribution in [0.25, 0.3) is 0 Å². The lowest BCUT2D eigenvalue weighted by atomic mass is 10.1. The lowest BCUT2D eigenvalue weighted by molar-refractivity contribution is 0.176. The van der Waals surface area contributed by atoms with Gasteiger partial charge in [0.15, 0.2) is 0 Å². The monoisotopic (exact) mass is 272 g/mol. The fraction of sp³-hybridized carbons (Fsp3) is 0.727. The summed E-state index contributed by atoms with van der Waals surface area (Å²) in [6.45, 7) is 5.09. The van der Waals surface area contributed by atoms with Crippen LogP contribution in [-0.2, 0) is 10.0 Å². The zero-order valence-corrected chi connectivity index (χ0v) is 11.7. The fourth-order valence-corrected chi connectivity index (χ4v) is 3.67. The van der Waals surface area contributed by atoms with E-state index < -0.39 is 10.0 Å². The van der Waals surface area contributed by atoms with Gasteiger partial charge in [0, 0.05) is 19.3 Å². The molecule has 1 aliphatic rings. The standard InChI is InChI=1S/C11H20N4O2S/c1-3-15-6-4-10(5-7-15)14(2)18(16,17)11-8-12-13-9-11/h8-10H,3-7H2,1-2H3,(H,12,13). The Morgan fingerprint density at radius 1 is 1.50 bits per heavy atom. The molecule has 1 N–H and O–H groups in total. The highest BCUT2D eigenvalue weighted by Gasteiger charge is 2.30. The van der Waals surface area contributed by atoms with Crippen LogP contribution in [0.15, 0.2) is 17.3 Å². The molecule has 0 saturated carbocycles. The van der Waals surface area contributed by atoms with Gasteiger partial charge in [-0.25, -0.2) is 8.42 Å². The summed E-state index contributed by atoms with van der Waals surface area (Å²) in [5.41, 5.74) is 0. The van der Waals surface area contributed by atoms with Crippen LogP contribution in [0.4, 0.5) is 0 Å². The zero-order valence-electron chi connectivity index (χ0n) is 10.8. The third kappa shape index (κ3) is 2.57. The highest BCUT2D eigenvalue weighted by Crippen LogP contribution is 2.21. The van der Waals surface area contributed by atoms with Gasteiger partial charge >= 0.3 is 0 Å². The summed E-state index contributed by atoms with van der Waals surface area (Å²) >= 11 is 0. The van der Waals surface area contributed by atoms with Crippen LogP contribution < -0.4 is 0 Å². The van der Waals surface area contributed by atoms with Crippen molar-refractivity contribution < 1.29 is 8.42 Å². The number of nitrogens with zero attached hydrogens (tertiary/aromatic N) is 3. The van der Waals surface area contributed by atoms with E-state index in [1.165, 1.54) is 16.7 Å². The Morgan fingerprint density at radius 3 is 2.67 bits per heavy atom. The normalized spacial score (nSPS) is 19.5. The largest absolute Gasteiger partial charge is 0.303 e. The van der Waals surface area contributed by atoms with Crippen LogP contribution in [0.1, 0.15) is 19.8 Å². The molecular weight excluding hydrogens is 252 g/mol. The van der Waals surface area contributed by atoms with Crippen molar-refractivity contribution in [3.8, 4) is 0 Å².